The van der Waals surface area contributed by atoms with Crippen molar-refractivity contribution in [1.29, 1.82) is 0 Å². The van der Waals surface area contributed by atoms with Gasteiger partial charge in [-0.3, -0.25) is 9.59 Å². The first-order valence-electron chi connectivity index (χ1n) is 1.93. The molecule has 0 aromatic rings. The van der Waals surface area contributed by atoms with Crippen molar-refractivity contribution in [2.45, 2.75) is 12.2 Å². The van der Waals surface area contributed by atoms with Crippen LogP contribution in [-0.2, 0) is 9.59 Å². The van der Waals surface area contributed by atoms with E-state index in [0.29, 0.717) is 0 Å². The highest BCUT2D eigenvalue weighted by Gasteiger charge is 2.14. The molecule has 0 aromatic heterocycles. The highest BCUT2D eigenvalue weighted by Crippen LogP contribution is 2.00. The topological polar surface area (TPSA) is 34.1 Å². The second-order valence-corrected chi connectivity index (χ2v) is 2.21. The van der Waals surface area contributed by atoms with Gasteiger partial charge in [-0.05, 0) is 18.5 Å². The van der Waals surface area contributed by atoms with Gasteiger partial charge in [-0.25, -0.2) is 0 Å². The van der Waals surface area contributed by atoms with E-state index >= 15 is 0 Å². The van der Waals surface area contributed by atoms with Crippen LogP contribution in [0.4, 0.5) is 0 Å². The maximum atomic E-state index is 10.2. The molecule has 0 aliphatic heterocycles. The number of rotatable bonds is 2. The van der Waals surface area contributed by atoms with E-state index in [1.54, 1.807) is 0 Å². The Bertz CT molecular complexity index is 109. The first-order chi connectivity index (χ1) is 3.55. The molecule has 0 aliphatic carbocycles. The minimum Gasteiger partial charge on any atom is -0.298 e. The molecule has 2 nitrogen and oxygen atoms in total. The first kappa shape index (κ1) is 7.98. The summed E-state index contributed by atoms with van der Waals surface area (Å²) in [6, 6.07) is 0. The normalized spacial score (nSPS) is 12.9. The summed E-state index contributed by atoms with van der Waals surface area (Å²) < 4.78 is 0. The Morgan fingerprint density at radius 2 is 2.00 bits per heavy atom. The lowest BCUT2D eigenvalue weighted by Crippen LogP contribution is -2.16. The van der Waals surface area contributed by atoms with Crippen LogP contribution in [0.5, 0.6) is 0 Å². The van der Waals surface area contributed by atoms with Gasteiger partial charge in [0, 0.05) is 0 Å². The Balaban J connectivity index is 3.83. The van der Waals surface area contributed by atoms with E-state index in [1.165, 1.54) is 6.92 Å². The number of hydrogen-bond donors (Lipinski definition) is 1. The zero-order valence-corrected chi connectivity index (χ0v) is 5.87. The molecule has 1 atom stereocenters. The van der Waals surface area contributed by atoms with Gasteiger partial charge in [0.1, 0.15) is 5.25 Å². The van der Waals surface area contributed by atoms with E-state index in [-0.39, 0.29) is 5.78 Å². The lowest BCUT2D eigenvalue weighted by molar-refractivity contribution is -0.121. The Kier molecular flexibility index (Phi) is 3.09. The maximum Gasteiger partial charge on any atom is 0.241 e. The second kappa shape index (κ2) is 3.10. The van der Waals surface area contributed by atoms with E-state index in [4.69, 9.17) is 11.6 Å². The van der Waals surface area contributed by atoms with Gasteiger partial charge in [-0.15, -0.1) is 0 Å². The lowest BCUT2D eigenvalue weighted by atomic mass is 10.3. The molecule has 8 heavy (non-hydrogen) atoms. The molecule has 0 fully saturated rings. The number of carbonyl (C=O) groups excluding carboxylic acids is 2. The molecule has 0 aliphatic rings. The largest absolute Gasteiger partial charge is 0.298 e. The van der Waals surface area contributed by atoms with E-state index < -0.39 is 10.5 Å². The molecular weight excluding hydrogens is 148 g/mol. The summed E-state index contributed by atoms with van der Waals surface area (Å²) in [4.78, 5) is 20.3. The molecule has 1 unspecified atom stereocenters. The van der Waals surface area contributed by atoms with E-state index in [2.05, 4.69) is 12.6 Å². The van der Waals surface area contributed by atoms with Gasteiger partial charge in [0.25, 0.3) is 0 Å². The summed E-state index contributed by atoms with van der Waals surface area (Å²) in [6.45, 7) is 1.26. The summed E-state index contributed by atoms with van der Waals surface area (Å²) in [5.41, 5.74) is 0. The Labute approximate surface area is 57.6 Å². The van der Waals surface area contributed by atoms with Crippen molar-refractivity contribution in [3.8, 4) is 0 Å². The number of carbonyl (C=O) groups is 2. The molecule has 0 radical (unpaired) electrons. The molecule has 46 valence electrons. The van der Waals surface area contributed by atoms with Crippen LogP contribution in [-0.4, -0.2) is 16.3 Å². The van der Waals surface area contributed by atoms with Gasteiger partial charge >= 0.3 is 0 Å². The SMILES string of the molecule is CC(=O)C(S)C(=O)Cl. The fourth-order valence-corrected chi connectivity index (χ4v) is 0.313. The van der Waals surface area contributed by atoms with Gasteiger partial charge in [0.2, 0.25) is 5.24 Å². The van der Waals surface area contributed by atoms with Crippen molar-refractivity contribution in [1.82, 2.24) is 0 Å². The fourth-order valence-electron chi connectivity index (χ4n) is 0.160. The molecule has 0 heterocycles. The molecule has 0 aromatic carbocycles. The maximum absolute atomic E-state index is 10.2. The summed E-state index contributed by atoms with van der Waals surface area (Å²) in [5, 5.41) is -1.67. The average Bonchev–Trinajstić information content (AvgIpc) is 1.64. The monoisotopic (exact) mass is 152 g/mol. The number of Topliss-reactive ketones (excluding diaryl/α,β-unsaturated/α-hetero) is 1. The third kappa shape index (κ3) is 2.33. The molecule has 0 bridgehead atoms. The third-order valence-electron chi connectivity index (χ3n) is 0.600. The van der Waals surface area contributed by atoms with Crippen molar-refractivity contribution < 1.29 is 9.59 Å². The van der Waals surface area contributed by atoms with E-state index in [0.717, 1.165) is 0 Å². The predicted octanol–water partition coefficient (Wildman–Crippen LogP) is 0.639. The zero-order chi connectivity index (χ0) is 6.73. The predicted molar refractivity (Wildman–Crippen MR) is 34.3 cm³/mol. The second-order valence-electron chi connectivity index (χ2n) is 1.32. The van der Waals surface area contributed by atoms with Crippen molar-refractivity contribution in [3.63, 3.8) is 0 Å². The number of ketones is 1. The van der Waals surface area contributed by atoms with Crippen LogP contribution >= 0.6 is 24.2 Å². The van der Waals surface area contributed by atoms with Crippen LogP contribution in [0.15, 0.2) is 0 Å². The minimum atomic E-state index is -0.948. The summed E-state index contributed by atoms with van der Waals surface area (Å²) in [5.74, 6) is -0.326. The molecule has 0 spiro atoms. The highest BCUT2D eigenvalue weighted by molar-refractivity contribution is 7.83. The highest BCUT2D eigenvalue weighted by atomic mass is 35.5. The summed E-state index contributed by atoms with van der Waals surface area (Å²) >= 11 is 8.48. The molecule has 0 amide bonds. The fraction of sp³-hybridized carbons (Fsp3) is 0.500. The van der Waals surface area contributed by atoms with Crippen LogP contribution in [0.3, 0.4) is 0 Å². The first-order valence-corrected chi connectivity index (χ1v) is 2.83. The summed E-state index contributed by atoms with van der Waals surface area (Å²) in [7, 11) is 0. The Morgan fingerprint density at radius 1 is 1.62 bits per heavy atom. The number of thiol groups is 1. The number of halogens is 1. The van der Waals surface area contributed by atoms with E-state index in [9.17, 15) is 9.59 Å². The third-order valence-corrected chi connectivity index (χ3v) is 1.57. The minimum absolute atomic E-state index is 0.326. The van der Waals surface area contributed by atoms with E-state index in [1.807, 2.05) is 0 Å². The van der Waals surface area contributed by atoms with Gasteiger partial charge in [-0.1, -0.05) is 0 Å². The van der Waals surface area contributed by atoms with Crippen LogP contribution in [0.25, 0.3) is 0 Å². The molecular formula is C4H5ClO2S. The Morgan fingerprint density at radius 3 is 2.00 bits per heavy atom. The summed E-state index contributed by atoms with van der Waals surface area (Å²) in [6.07, 6.45) is 0. The van der Waals surface area contributed by atoms with Crippen molar-refractivity contribution >= 4 is 35.3 Å². The van der Waals surface area contributed by atoms with Gasteiger partial charge in [-0.2, -0.15) is 12.6 Å². The number of hydrogen-bond acceptors (Lipinski definition) is 3. The van der Waals surface area contributed by atoms with Crippen molar-refractivity contribution in [2.75, 3.05) is 0 Å². The van der Waals surface area contributed by atoms with Crippen LogP contribution in [0.2, 0.25) is 0 Å². The lowest BCUT2D eigenvalue weighted by Gasteiger charge is -1.94. The molecule has 4 heteroatoms. The van der Waals surface area contributed by atoms with Crippen LogP contribution in [0, 0.1) is 0 Å². The van der Waals surface area contributed by atoms with Crippen LogP contribution in [0.1, 0.15) is 6.92 Å². The van der Waals surface area contributed by atoms with Gasteiger partial charge in [0.15, 0.2) is 5.78 Å². The van der Waals surface area contributed by atoms with Crippen molar-refractivity contribution in [3.05, 3.63) is 0 Å². The molecule has 0 N–H and O–H groups in total. The Hall–Kier alpha value is -0.0200. The molecule has 0 saturated heterocycles. The molecule has 0 rings (SSSR count). The average molecular weight is 153 g/mol. The van der Waals surface area contributed by atoms with Crippen molar-refractivity contribution in [2.24, 2.45) is 0 Å². The molecule has 0 saturated carbocycles. The zero-order valence-electron chi connectivity index (χ0n) is 4.22. The smallest absolute Gasteiger partial charge is 0.241 e. The quantitative estimate of drug-likeness (QED) is 0.358. The van der Waals surface area contributed by atoms with Crippen LogP contribution < -0.4 is 0 Å². The van der Waals surface area contributed by atoms with Gasteiger partial charge in [0.05, 0.1) is 0 Å². The standard InChI is InChI=1S/C4H5ClO2S/c1-2(6)3(8)4(5)7/h3,8H,1H3. The van der Waals surface area contributed by atoms with Gasteiger partial charge < -0.3 is 0 Å².